The second kappa shape index (κ2) is 4.77. The van der Waals surface area contributed by atoms with E-state index in [1.165, 1.54) is 11.3 Å². The molecule has 1 aromatic rings. The molecule has 0 saturated carbocycles. The molecule has 0 bridgehead atoms. The number of carbonyl (C=O) groups is 1. The molecule has 1 rings (SSSR count). The first-order valence-electron chi connectivity index (χ1n) is 4.12. The minimum absolute atomic E-state index is 0.0180. The van der Waals surface area contributed by atoms with Crippen LogP contribution in [-0.2, 0) is 0 Å². The van der Waals surface area contributed by atoms with Gasteiger partial charge in [0, 0.05) is 16.4 Å². The van der Waals surface area contributed by atoms with Gasteiger partial charge in [-0.2, -0.15) is 0 Å². The van der Waals surface area contributed by atoms with E-state index in [1.54, 1.807) is 0 Å². The summed E-state index contributed by atoms with van der Waals surface area (Å²) in [4.78, 5) is 12.2. The fourth-order valence-corrected chi connectivity index (χ4v) is 2.16. The molecule has 1 N–H and O–H groups in total. The number of thiophene rings is 1. The molecule has 0 aliphatic rings. The second-order valence-electron chi connectivity index (χ2n) is 3.23. The van der Waals surface area contributed by atoms with Gasteiger partial charge in [0.25, 0.3) is 5.91 Å². The van der Waals surface area contributed by atoms with Crippen LogP contribution in [0, 0.1) is 5.92 Å². The molecule has 4 heteroatoms. The highest BCUT2D eigenvalue weighted by Gasteiger charge is 2.07. The Morgan fingerprint density at radius 3 is 2.85 bits per heavy atom. The van der Waals surface area contributed by atoms with E-state index in [2.05, 4.69) is 35.1 Å². The van der Waals surface area contributed by atoms with Gasteiger partial charge in [0.1, 0.15) is 0 Å². The molecule has 0 aromatic carbocycles. The van der Waals surface area contributed by atoms with E-state index in [0.717, 1.165) is 15.9 Å². The molecule has 2 nitrogen and oxygen atoms in total. The molecule has 0 spiro atoms. The largest absolute Gasteiger partial charge is 0.351 e. The maximum Gasteiger partial charge on any atom is 0.261 e. The number of hydrogen-bond acceptors (Lipinski definition) is 2. The third kappa shape index (κ3) is 3.48. The van der Waals surface area contributed by atoms with Gasteiger partial charge in [0.05, 0.1) is 4.88 Å². The Bertz CT molecular complexity index is 296. The Hall–Kier alpha value is -0.350. The molecule has 1 amide bonds. The lowest BCUT2D eigenvalue weighted by molar-refractivity contribution is 0.0953. The highest BCUT2D eigenvalue weighted by molar-refractivity contribution is 9.10. The van der Waals surface area contributed by atoms with Crippen molar-refractivity contribution in [2.24, 2.45) is 5.92 Å². The van der Waals surface area contributed by atoms with Gasteiger partial charge in [-0.05, 0) is 27.9 Å². The predicted molar refractivity (Wildman–Crippen MR) is 59.2 cm³/mol. The smallest absolute Gasteiger partial charge is 0.261 e. The van der Waals surface area contributed by atoms with E-state index in [4.69, 9.17) is 0 Å². The van der Waals surface area contributed by atoms with Crippen LogP contribution in [-0.4, -0.2) is 12.5 Å². The van der Waals surface area contributed by atoms with E-state index >= 15 is 0 Å². The fraction of sp³-hybridized carbons (Fsp3) is 0.444. The molecule has 72 valence electrons. The molecule has 1 heterocycles. The summed E-state index contributed by atoms with van der Waals surface area (Å²) < 4.78 is 0.965. The minimum atomic E-state index is 0.0180. The van der Waals surface area contributed by atoms with Crippen LogP contribution in [0.25, 0.3) is 0 Å². The van der Waals surface area contributed by atoms with E-state index < -0.39 is 0 Å². The normalized spacial score (nSPS) is 10.5. The van der Waals surface area contributed by atoms with Crippen molar-refractivity contribution in [1.29, 1.82) is 0 Å². The summed E-state index contributed by atoms with van der Waals surface area (Å²) in [6.45, 7) is 4.88. The highest BCUT2D eigenvalue weighted by Crippen LogP contribution is 2.19. The van der Waals surface area contributed by atoms with Crippen molar-refractivity contribution in [1.82, 2.24) is 5.32 Å². The van der Waals surface area contributed by atoms with Gasteiger partial charge >= 0.3 is 0 Å². The summed E-state index contributed by atoms with van der Waals surface area (Å²) in [5, 5.41) is 4.77. The number of hydrogen-bond donors (Lipinski definition) is 1. The Balaban J connectivity index is 2.49. The van der Waals surface area contributed by atoms with Crippen LogP contribution in [0.15, 0.2) is 15.9 Å². The van der Waals surface area contributed by atoms with E-state index in [1.807, 2.05) is 11.4 Å². The van der Waals surface area contributed by atoms with Gasteiger partial charge in [-0.25, -0.2) is 0 Å². The van der Waals surface area contributed by atoms with Crippen LogP contribution in [0.4, 0.5) is 0 Å². The molecule has 0 aliphatic carbocycles. The summed E-state index contributed by atoms with van der Waals surface area (Å²) in [5.74, 6) is 0.511. The van der Waals surface area contributed by atoms with Crippen LogP contribution in [0.5, 0.6) is 0 Å². The third-order valence-electron chi connectivity index (χ3n) is 1.46. The average molecular weight is 262 g/mol. The summed E-state index contributed by atoms with van der Waals surface area (Å²) in [5.41, 5.74) is 0. The standard InChI is InChI=1S/C9H12BrNOS/c1-6(2)4-11-9(12)8-3-7(10)5-13-8/h3,5-6H,4H2,1-2H3,(H,11,12). The molecule has 13 heavy (non-hydrogen) atoms. The Morgan fingerprint density at radius 1 is 1.69 bits per heavy atom. The SMILES string of the molecule is CC(C)CNC(=O)c1cc(Br)cs1. The highest BCUT2D eigenvalue weighted by atomic mass is 79.9. The fourth-order valence-electron chi connectivity index (χ4n) is 0.816. The summed E-state index contributed by atoms with van der Waals surface area (Å²) >= 11 is 4.76. The van der Waals surface area contributed by atoms with Gasteiger partial charge in [-0.1, -0.05) is 13.8 Å². The molecule has 0 unspecified atom stereocenters. The van der Waals surface area contributed by atoms with Gasteiger partial charge in [-0.15, -0.1) is 11.3 Å². The molecule has 0 fully saturated rings. The van der Waals surface area contributed by atoms with Crippen molar-refractivity contribution < 1.29 is 4.79 Å². The summed E-state index contributed by atoms with van der Waals surface area (Å²) in [7, 11) is 0. The number of halogens is 1. The van der Waals surface area contributed by atoms with E-state index in [-0.39, 0.29) is 5.91 Å². The van der Waals surface area contributed by atoms with Crippen LogP contribution >= 0.6 is 27.3 Å². The zero-order valence-electron chi connectivity index (χ0n) is 7.63. The van der Waals surface area contributed by atoms with Crippen LogP contribution in [0.1, 0.15) is 23.5 Å². The van der Waals surface area contributed by atoms with Crippen LogP contribution in [0.3, 0.4) is 0 Å². The lowest BCUT2D eigenvalue weighted by Crippen LogP contribution is -2.26. The molecular formula is C9H12BrNOS. The van der Waals surface area contributed by atoms with Gasteiger partial charge in [0.15, 0.2) is 0 Å². The zero-order chi connectivity index (χ0) is 9.84. The monoisotopic (exact) mass is 261 g/mol. The Labute approximate surface area is 90.5 Å². The zero-order valence-corrected chi connectivity index (χ0v) is 10.0. The first-order chi connectivity index (χ1) is 6.09. The van der Waals surface area contributed by atoms with Crippen molar-refractivity contribution in [3.63, 3.8) is 0 Å². The number of amides is 1. The lowest BCUT2D eigenvalue weighted by atomic mass is 10.2. The lowest BCUT2D eigenvalue weighted by Gasteiger charge is -2.05. The van der Waals surface area contributed by atoms with Gasteiger partial charge < -0.3 is 5.32 Å². The average Bonchev–Trinajstić information content (AvgIpc) is 2.47. The van der Waals surface area contributed by atoms with Crippen molar-refractivity contribution in [3.05, 3.63) is 20.8 Å². The summed E-state index contributed by atoms with van der Waals surface area (Å²) in [6.07, 6.45) is 0. The van der Waals surface area contributed by atoms with Gasteiger partial charge in [0.2, 0.25) is 0 Å². The molecule has 0 atom stereocenters. The number of carbonyl (C=O) groups excluding carboxylic acids is 1. The Morgan fingerprint density at radius 2 is 2.38 bits per heavy atom. The first kappa shape index (κ1) is 10.7. The summed E-state index contributed by atoms with van der Waals surface area (Å²) in [6, 6.07) is 1.83. The Kier molecular flexibility index (Phi) is 3.93. The van der Waals surface area contributed by atoms with E-state index in [0.29, 0.717) is 5.92 Å². The number of nitrogens with one attached hydrogen (secondary N) is 1. The maximum atomic E-state index is 11.4. The predicted octanol–water partition coefficient (Wildman–Crippen LogP) is 2.90. The molecule has 1 aromatic heterocycles. The molecular weight excluding hydrogens is 250 g/mol. The molecule has 0 aliphatic heterocycles. The minimum Gasteiger partial charge on any atom is -0.351 e. The van der Waals surface area contributed by atoms with Crippen LogP contribution in [0.2, 0.25) is 0 Å². The second-order valence-corrected chi connectivity index (χ2v) is 5.06. The number of rotatable bonds is 3. The van der Waals surface area contributed by atoms with Crippen molar-refractivity contribution in [3.8, 4) is 0 Å². The topological polar surface area (TPSA) is 29.1 Å². The third-order valence-corrected chi connectivity index (χ3v) is 3.15. The van der Waals surface area contributed by atoms with Crippen LogP contribution < -0.4 is 5.32 Å². The van der Waals surface area contributed by atoms with Crippen molar-refractivity contribution in [2.45, 2.75) is 13.8 Å². The molecule has 0 saturated heterocycles. The maximum absolute atomic E-state index is 11.4. The first-order valence-corrected chi connectivity index (χ1v) is 5.79. The molecule has 0 radical (unpaired) electrons. The quantitative estimate of drug-likeness (QED) is 0.891. The van der Waals surface area contributed by atoms with Gasteiger partial charge in [-0.3, -0.25) is 4.79 Å². The van der Waals surface area contributed by atoms with Crippen molar-refractivity contribution >= 4 is 33.2 Å². The van der Waals surface area contributed by atoms with Crippen molar-refractivity contribution in [2.75, 3.05) is 6.54 Å². The van der Waals surface area contributed by atoms with E-state index in [9.17, 15) is 4.79 Å².